The number of aromatic nitrogens is 1. The van der Waals surface area contributed by atoms with Crippen LogP contribution >= 0.6 is 0 Å². The molecule has 1 unspecified atom stereocenters. The van der Waals surface area contributed by atoms with Crippen LogP contribution in [-0.4, -0.2) is 15.2 Å². The van der Waals surface area contributed by atoms with Crippen LogP contribution in [0.1, 0.15) is 18.1 Å². The minimum atomic E-state index is -0.962. The van der Waals surface area contributed by atoms with Crippen LogP contribution in [0.15, 0.2) is 48.8 Å². The van der Waals surface area contributed by atoms with Crippen LogP contribution in [0.2, 0.25) is 0 Å². The van der Waals surface area contributed by atoms with Crippen LogP contribution in [0.4, 0.5) is 0 Å². The van der Waals surface area contributed by atoms with Gasteiger partial charge in [0.1, 0.15) is 5.75 Å². The first kappa shape index (κ1) is 11.6. The molecule has 17 heavy (non-hydrogen) atoms. The fourth-order valence-corrected chi connectivity index (χ4v) is 1.82. The summed E-state index contributed by atoms with van der Waals surface area (Å²) in [7, 11) is 0. The Bertz CT molecular complexity index is 477. The molecule has 0 aliphatic carbocycles. The van der Waals surface area contributed by atoms with Crippen molar-refractivity contribution in [1.82, 2.24) is 4.98 Å². The lowest BCUT2D eigenvalue weighted by Crippen LogP contribution is -2.24. The van der Waals surface area contributed by atoms with E-state index in [1.54, 1.807) is 43.6 Å². The maximum Gasteiger partial charge on any atom is 0.115 e. The number of benzene rings is 1. The second-order valence-electron chi connectivity index (χ2n) is 4.36. The molecule has 88 valence electrons. The van der Waals surface area contributed by atoms with Crippen LogP contribution in [0.25, 0.3) is 0 Å². The van der Waals surface area contributed by atoms with Gasteiger partial charge in [-0.3, -0.25) is 4.98 Å². The van der Waals surface area contributed by atoms with Crippen molar-refractivity contribution in [3.8, 4) is 5.75 Å². The largest absolute Gasteiger partial charge is 0.508 e. The first-order valence-corrected chi connectivity index (χ1v) is 5.49. The Morgan fingerprint density at radius 2 is 1.88 bits per heavy atom. The van der Waals surface area contributed by atoms with Gasteiger partial charge in [-0.1, -0.05) is 18.2 Å². The Kier molecular flexibility index (Phi) is 3.11. The van der Waals surface area contributed by atoms with Gasteiger partial charge in [0, 0.05) is 18.8 Å². The highest BCUT2D eigenvalue weighted by Gasteiger charge is 2.23. The van der Waals surface area contributed by atoms with Gasteiger partial charge in [-0.2, -0.15) is 0 Å². The van der Waals surface area contributed by atoms with Gasteiger partial charge >= 0.3 is 0 Å². The number of aromatic hydroxyl groups is 1. The van der Waals surface area contributed by atoms with Gasteiger partial charge in [0.2, 0.25) is 0 Å². The molecule has 0 saturated carbocycles. The highest BCUT2D eigenvalue weighted by atomic mass is 16.3. The Balaban J connectivity index is 2.21. The maximum atomic E-state index is 10.4. The zero-order chi connectivity index (χ0) is 12.3. The molecule has 1 aromatic carbocycles. The Morgan fingerprint density at radius 1 is 1.18 bits per heavy atom. The maximum absolute atomic E-state index is 10.4. The Morgan fingerprint density at radius 3 is 2.47 bits per heavy atom. The predicted molar refractivity (Wildman–Crippen MR) is 65.6 cm³/mol. The third kappa shape index (κ3) is 2.82. The summed E-state index contributed by atoms with van der Waals surface area (Å²) in [6, 6.07) is 10.4. The SMILES string of the molecule is CC(O)(Cc1cccnc1)c1ccc(O)cc1. The molecule has 1 aromatic heterocycles. The summed E-state index contributed by atoms with van der Waals surface area (Å²) in [6.07, 6.45) is 3.94. The standard InChI is InChI=1S/C14H15NO2/c1-14(17,9-11-3-2-8-15-10-11)12-4-6-13(16)7-5-12/h2-8,10,16-17H,9H2,1H3. The summed E-state index contributed by atoms with van der Waals surface area (Å²) < 4.78 is 0. The van der Waals surface area contributed by atoms with E-state index in [-0.39, 0.29) is 5.75 Å². The van der Waals surface area contributed by atoms with Crippen LogP contribution < -0.4 is 0 Å². The van der Waals surface area contributed by atoms with E-state index < -0.39 is 5.60 Å². The molecule has 3 heteroatoms. The molecule has 0 fully saturated rings. The molecule has 3 nitrogen and oxygen atoms in total. The van der Waals surface area contributed by atoms with Gasteiger partial charge in [-0.25, -0.2) is 0 Å². The minimum absolute atomic E-state index is 0.200. The molecular formula is C14H15NO2. The van der Waals surface area contributed by atoms with E-state index in [2.05, 4.69) is 4.98 Å². The van der Waals surface area contributed by atoms with Crippen LogP contribution in [-0.2, 0) is 12.0 Å². The van der Waals surface area contributed by atoms with Gasteiger partial charge < -0.3 is 10.2 Å². The summed E-state index contributed by atoms with van der Waals surface area (Å²) in [5.74, 6) is 0.200. The minimum Gasteiger partial charge on any atom is -0.508 e. The third-order valence-electron chi connectivity index (χ3n) is 2.76. The first-order valence-electron chi connectivity index (χ1n) is 5.49. The summed E-state index contributed by atoms with van der Waals surface area (Å²) in [5, 5.41) is 19.6. The molecule has 0 radical (unpaired) electrons. The van der Waals surface area contributed by atoms with Gasteiger partial charge in [0.15, 0.2) is 0 Å². The smallest absolute Gasteiger partial charge is 0.115 e. The number of nitrogens with zero attached hydrogens (tertiary/aromatic N) is 1. The summed E-state index contributed by atoms with van der Waals surface area (Å²) in [5.41, 5.74) is 0.793. The molecule has 0 bridgehead atoms. The molecule has 0 amide bonds. The second-order valence-corrected chi connectivity index (χ2v) is 4.36. The van der Waals surface area contributed by atoms with E-state index in [0.29, 0.717) is 6.42 Å². The number of phenols is 1. The molecule has 0 aliphatic heterocycles. The van der Waals surface area contributed by atoms with E-state index in [4.69, 9.17) is 0 Å². The van der Waals surface area contributed by atoms with Crippen LogP contribution in [0.5, 0.6) is 5.75 Å². The zero-order valence-corrected chi connectivity index (χ0v) is 9.67. The number of aliphatic hydroxyl groups is 1. The van der Waals surface area contributed by atoms with Crippen molar-refractivity contribution >= 4 is 0 Å². The Labute approximate surface area is 100 Å². The fourth-order valence-electron chi connectivity index (χ4n) is 1.82. The highest BCUT2D eigenvalue weighted by molar-refractivity contribution is 5.30. The van der Waals surface area contributed by atoms with Gasteiger partial charge in [0.25, 0.3) is 0 Å². The van der Waals surface area contributed by atoms with Gasteiger partial charge in [0.05, 0.1) is 5.60 Å². The summed E-state index contributed by atoms with van der Waals surface area (Å²) in [4.78, 5) is 4.03. The lowest BCUT2D eigenvalue weighted by Gasteiger charge is -2.23. The van der Waals surface area contributed by atoms with E-state index in [1.165, 1.54) is 0 Å². The first-order chi connectivity index (χ1) is 8.08. The average Bonchev–Trinajstić information content (AvgIpc) is 2.30. The van der Waals surface area contributed by atoms with E-state index in [1.807, 2.05) is 12.1 Å². The van der Waals surface area contributed by atoms with Gasteiger partial charge in [-0.05, 0) is 36.2 Å². The average molecular weight is 229 g/mol. The van der Waals surface area contributed by atoms with Crippen molar-refractivity contribution in [2.45, 2.75) is 18.9 Å². The topological polar surface area (TPSA) is 53.4 Å². The number of pyridine rings is 1. The lowest BCUT2D eigenvalue weighted by molar-refractivity contribution is 0.0575. The number of rotatable bonds is 3. The molecule has 2 aromatic rings. The molecule has 1 heterocycles. The summed E-state index contributed by atoms with van der Waals surface area (Å²) >= 11 is 0. The fraction of sp³-hybridized carbons (Fsp3) is 0.214. The predicted octanol–water partition coefficient (Wildman–Crippen LogP) is 2.24. The van der Waals surface area contributed by atoms with Crippen molar-refractivity contribution in [2.24, 2.45) is 0 Å². The number of phenolic OH excluding ortho intramolecular Hbond substituents is 1. The Hall–Kier alpha value is -1.87. The molecular weight excluding hydrogens is 214 g/mol. The molecule has 2 rings (SSSR count). The van der Waals surface area contributed by atoms with E-state index in [0.717, 1.165) is 11.1 Å². The zero-order valence-electron chi connectivity index (χ0n) is 9.67. The second kappa shape index (κ2) is 4.55. The van der Waals surface area contributed by atoms with Crippen LogP contribution in [0.3, 0.4) is 0 Å². The molecule has 1 atom stereocenters. The van der Waals surface area contributed by atoms with E-state index in [9.17, 15) is 10.2 Å². The van der Waals surface area contributed by atoms with Crippen LogP contribution in [0, 0.1) is 0 Å². The number of hydrogen-bond donors (Lipinski definition) is 2. The van der Waals surface area contributed by atoms with Crippen molar-refractivity contribution < 1.29 is 10.2 Å². The molecule has 0 spiro atoms. The number of hydrogen-bond acceptors (Lipinski definition) is 3. The molecule has 2 N–H and O–H groups in total. The van der Waals surface area contributed by atoms with Crippen molar-refractivity contribution in [1.29, 1.82) is 0 Å². The normalized spacial score (nSPS) is 14.2. The monoisotopic (exact) mass is 229 g/mol. The molecule has 0 saturated heterocycles. The summed E-state index contributed by atoms with van der Waals surface area (Å²) in [6.45, 7) is 1.76. The highest BCUT2D eigenvalue weighted by Crippen LogP contribution is 2.26. The molecule has 0 aliphatic rings. The third-order valence-corrected chi connectivity index (χ3v) is 2.76. The van der Waals surface area contributed by atoms with Crippen molar-refractivity contribution in [2.75, 3.05) is 0 Å². The van der Waals surface area contributed by atoms with Crippen molar-refractivity contribution in [3.63, 3.8) is 0 Å². The lowest BCUT2D eigenvalue weighted by atomic mass is 9.89. The quantitative estimate of drug-likeness (QED) is 0.848. The van der Waals surface area contributed by atoms with E-state index >= 15 is 0 Å². The van der Waals surface area contributed by atoms with Gasteiger partial charge in [-0.15, -0.1) is 0 Å². The van der Waals surface area contributed by atoms with Crippen molar-refractivity contribution in [3.05, 3.63) is 59.9 Å².